The minimum atomic E-state index is -3.72. The number of rotatable bonds is 4. The van der Waals surface area contributed by atoms with Gasteiger partial charge in [-0.1, -0.05) is 19.9 Å². The number of benzene rings is 1. The Hall–Kier alpha value is -1.98. The molecule has 11 heteroatoms. The molecular weight excluding hydrogens is 478 g/mol. The molecule has 1 N–H and O–H groups in total. The maximum atomic E-state index is 12.7. The summed E-state index contributed by atoms with van der Waals surface area (Å²) >= 11 is 4.29. The van der Waals surface area contributed by atoms with Crippen molar-refractivity contribution in [2.75, 3.05) is 24.7 Å². The Bertz CT molecular complexity index is 1090. The second-order valence-electron chi connectivity index (χ2n) is 7.19. The molecule has 8 nitrogen and oxygen atoms in total. The Morgan fingerprint density at radius 2 is 2.03 bits per heavy atom. The maximum absolute atomic E-state index is 12.7. The second-order valence-corrected chi connectivity index (χ2v) is 10.7. The van der Waals surface area contributed by atoms with Crippen molar-refractivity contribution in [1.82, 2.24) is 4.90 Å². The van der Waals surface area contributed by atoms with E-state index in [4.69, 9.17) is 5.41 Å². The smallest absolute Gasteiger partial charge is 0.283 e. The molecule has 2 aliphatic heterocycles. The Morgan fingerprint density at radius 1 is 1.34 bits per heavy atom. The summed E-state index contributed by atoms with van der Waals surface area (Å²) in [6, 6.07) is 5.52. The van der Waals surface area contributed by atoms with Gasteiger partial charge in [0.15, 0.2) is 0 Å². The summed E-state index contributed by atoms with van der Waals surface area (Å²) in [4.78, 5) is 19.5. The quantitative estimate of drug-likeness (QED) is 0.505. The third-order valence-electron chi connectivity index (χ3n) is 4.09. The van der Waals surface area contributed by atoms with Gasteiger partial charge in [-0.25, -0.2) is 13.3 Å². The van der Waals surface area contributed by atoms with Crippen LogP contribution in [0.15, 0.2) is 37.6 Å². The van der Waals surface area contributed by atoms with Crippen LogP contribution in [0.3, 0.4) is 0 Å². The van der Waals surface area contributed by atoms with Gasteiger partial charge in [0, 0.05) is 18.6 Å². The molecule has 2 aliphatic rings. The summed E-state index contributed by atoms with van der Waals surface area (Å²) < 4.78 is 30.2. The molecule has 0 saturated heterocycles. The summed E-state index contributed by atoms with van der Waals surface area (Å²) in [7, 11) is 0.114. The first-order valence-corrected chi connectivity index (χ1v) is 11.9. The standard InChI is InChI=1S/C18H20BrN5O3S2/c1-10(2)9-29(26,27)18-22-28-17-21-16(25)12(15(20)24(17)18)7-11-5-6-14(23(3)4)13(19)8-11/h5-8,10,20H,9H2,1-4H3/b12-7-,20-15?. The number of nitrogens with zero attached hydrogens (tertiary/aromatic N) is 4. The van der Waals surface area contributed by atoms with Crippen LogP contribution in [0, 0.1) is 11.3 Å². The topological polar surface area (TPSA) is 106 Å². The molecule has 0 saturated carbocycles. The van der Waals surface area contributed by atoms with Gasteiger partial charge in [0.25, 0.3) is 5.91 Å². The zero-order valence-corrected chi connectivity index (χ0v) is 19.5. The number of aliphatic imine (C=N–C) groups is 1. The predicted molar refractivity (Wildman–Crippen MR) is 122 cm³/mol. The van der Waals surface area contributed by atoms with Gasteiger partial charge < -0.3 is 4.90 Å². The number of hydrogen-bond donors (Lipinski definition) is 1. The normalized spacial score (nSPS) is 18.3. The lowest BCUT2D eigenvalue weighted by atomic mass is 10.1. The number of halogens is 1. The van der Waals surface area contributed by atoms with Gasteiger partial charge in [-0.2, -0.15) is 9.39 Å². The van der Waals surface area contributed by atoms with Crippen molar-refractivity contribution in [1.29, 1.82) is 5.41 Å². The molecule has 1 amide bonds. The van der Waals surface area contributed by atoms with Crippen LogP contribution in [0.5, 0.6) is 0 Å². The first-order valence-electron chi connectivity index (χ1n) is 8.69. The minimum absolute atomic E-state index is 0.00759. The summed E-state index contributed by atoms with van der Waals surface area (Å²) in [5, 5.41) is 8.33. The van der Waals surface area contributed by atoms with E-state index in [1.54, 1.807) is 13.8 Å². The monoisotopic (exact) mass is 497 g/mol. The second kappa shape index (κ2) is 8.04. The molecule has 0 spiro atoms. The third-order valence-corrected chi connectivity index (χ3v) is 7.48. The van der Waals surface area contributed by atoms with Gasteiger partial charge in [-0.05, 0) is 45.6 Å². The summed E-state index contributed by atoms with van der Waals surface area (Å²) in [6.07, 6.45) is 1.53. The molecular formula is C18H20BrN5O3S2. The molecule has 3 rings (SSSR count). The Balaban J connectivity index is 1.99. The Kier molecular flexibility index (Phi) is 6.02. The SMILES string of the molecule is CC(C)CS(=O)(=O)C1=NSC2=NC(=O)/C(=C\c3ccc(N(C)C)c(Br)c3)C(=N)N21. The highest BCUT2D eigenvalue weighted by Gasteiger charge is 2.42. The molecule has 0 atom stereocenters. The van der Waals surface area contributed by atoms with Crippen LogP contribution < -0.4 is 4.90 Å². The molecule has 0 fully saturated rings. The van der Waals surface area contributed by atoms with Crippen molar-refractivity contribution in [3.8, 4) is 0 Å². The first-order chi connectivity index (χ1) is 13.5. The molecule has 29 heavy (non-hydrogen) atoms. The van der Waals surface area contributed by atoms with Crippen molar-refractivity contribution in [2.24, 2.45) is 15.3 Å². The van der Waals surface area contributed by atoms with Gasteiger partial charge in [0.2, 0.25) is 20.2 Å². The number of amidine groups is 3. The molecule has 0 aliphatic carbocycles. The highest BCUT2D eigenvalue weighted by molar-refractivity contribution is 9.10. The molecule has 0 radical (unpaired) electrons. The largest absolute Gasteiger partial charge is 0.377 e. The van der Waals surface area contributed by atoms with E-state index in [1.165, 1.54) is 6.08 Å². The number of amides is 1. The van der Waals surface area contributed by atoms with Crippen LogP contribution in [0.1, 0.15) is 19.4 Å². The average molecular weight is 498 g/mol. The number of sulfone groups is 1. The van der Waals surface area contributed by atoms with Crippen LogP contribution in [0.4, 0.5) is 5.69 Å². The number of anilines is 1. The lowest BCUT2D eigenvalue weighted by Gasteiger charge is -2.25. The Morgan fingerprint density at radius 3 is 2.62 bits per heavy atom. The molecule has 1 aromatic carbocycles. The third kappa shape index (κ3) is 4.31. The van der Waals surface area contributed by atoms with E-state index in [9.17, 15) is 13.2 Å². The van der Waals surface area contributed by atoms with Crippen LogP contribution in [0.2, 0.25) is 0 Å². The van der Waals surface area contributed by atoms with Gasteiger partial charge in [0.1, 0.15) is 5.84 Å². The fourth-order valence-electron chi connectivity index (χ4n) is 2.86. The summed E-state index contributed by atoms with van der Waals surface area (Å²) in [5.74, 6) is -1.05. The van der Waals surface area contributed by atoms with Gasteiger partial charge in [0.05, 0.1) is 29.0 Å². The molecule has 0 aromatic heterocycles. The van der Waals surface area contributed by atoms with Crippen molar-refractivity contribution in [3.05, 3.63) is 33.8 Å². The van der Waals surface area contributed by atoms with Crippen LogP contribution in [-0.4, -0.2) is 55.2 Å². The van der Waals surface area contributed by atoms with Gasteiger partial charge in [-0.3, -0.25) is 10.2 Å². The fraction of sp³-hybridized carbons (Fsp3) is 0.333. The fourth-order valence-corrected chi connectivity index (χ4v) is 6.34. The molecule has 2 heterocycles. The van der Waals surface area contributed by atoms with Gasteiger partial charge in [-0.15, -0.1) is 0 Å². The first kappa shape index (κ1) is 21.7. The van der Waals surface area contributed by atoms with Gasteiger partial charge >= 0.3 is 0 Å². The van der Waals surface area contributed by atoms with E-state index in [-0.39, 0.29) is 33.4 Å². The van der Waals surface area contributed by atoms with E-state index in [1.807, 2.05) is 37.2 Å². The molecule has 0 bridgehead atoms. The van der Waals surface area contributed by atoms with Crippen molar-refractivity contribution < 1.29 is 13.2 Å². The number of carbonyl (C=O) groups excluding carboxylic acids is 1. The van der Waals surface area contributed by atoms with E-state index >= 15 is 0 Å². The number of carbonyl (C=O) groups is 1. The lowest BCUT2D eigenvalue weighted by molar-refractivity contribution is -0.114. The van der Waals surface area contributed by atoms with Crippen molar-refractivity contribution in [3.63, 3.8) is 0 Å². The van der Waals surface area contributed by atoms with E-state index < -0.39 is 15.7 Å². The average Bonchev–Trinajstić information content (AvgIpc) is 3.02. The van der Waals surface area contributed by atoms with Crippen LogP contribution in [-0.2, 0) is 14.6 Å². The molecule has 154 valence electrons. The number of fused-ring (bicyclic) bond motifs is 1. The highest BCUT2D eigenvalue weighted by atomic mass is 79.9. The van der Waals surface area contributed by atoms with Crippen molar-refractivity contribution in [2.45, 2.75) is 13.8 Å². The Labute approximate surface area is 182 Å². The summed E-state index contributed by atoms with van der Waals surface area (Å²) in [6.45, 7) is 3.58. The summed E-state index contributed by atoms with van der Waals surface area (Å²) in [5.41, 5.74) is 1.65. The highest BCUT2D eigenvalue weighted by Crippen LogP contribution is 2.31. The van der Waals surface area contributed by atoms with Crippen LogP contribution >= 0.6 is 27.9 Å². The van der Waals surface area contributed by atoms with E-state index in [0.29, 0.717) is 5.56 Å². The number of hydrogen-bond acceptors (Lipinski definition) is 7. The lowest BCUT2D eigenvalue weighted by Crippen LogP contribution is -2.46. The molecule has 0 unspecified atom stereocenters. The zero-order chi connectivity index (χ0) is 21.5. The van der Waals surface area contributed by atoms with Crippen molar-refractivity contribution >= 4 is 71.6 Å². The van der Waals surface area contributed by atoms with E-state index in [0.717, 1.165) is 27.0 Å². The van der Waals surface area contributed by atoms with Crippen LogP contribution in [0.25, 0.3) is 6.08 Å². The number of nitrogens with one attached hydrogen (secondary N) is 1. The predicted octanol–water partition coefficient (Wildman–Crippen LogP) is 3.16. The minimum Gasteiger partial charge on any atom is -0.377 e. The molecule has 1 aromatic rings. The zero-order valence-electron chi connectivity index (χ0n) is 16.3. The van der Waals surface area contributed by atoms with E-state index in [2.05, 4.69) is 25.3 Å². The maximum Gasteiger partial charge on any atom is 0.283 e.